The monoisotopic (exact) mass is 126 g/mol. The van der Waals surface area contributed by atoms with E-state index in [1.165, 1.54) is 32.4 Å². The molecule has 2 rings (SSSR count). The predicted octanol–water partition coefficient (Wildman–Crippen LogP) is 0.305. The Kier molecular flexibility index (Phi) is 1.44. The van der Waals surface area contributed by atoms with Gasteiger partial charge < -0.3 is 10.6 Å². The van der Waals surface area contributed by atoms with Crippen LogP contribution in [0.15, 0.2) is 0 Å². The molecule has 2 N–H and O–H groups in total. The van der Waals surface area contributed by atoms with Crippen LogP contribution in [-0.4, -0.2) is 19.3 Å². The first-order valence-electron chi connectivity index (χ1n) is 3.93. The van der Waals surface area contributed by atoms with E-state index < -0.39 is 0 Å². The van der Waals surface area contributed by atoms with Gasteiger partial charge in [0.15, 0.2) is 0 Å². The van der Waals surface area contributed by atoms with Crippen LogP contribution >= 0.6 is 0 Å². The van der Waals surface area contributed by atoms with Crippen LogP contribution in [0.5, 0.6) is 0 Å². The molecule has 52 valence electrons. The highest BCUT2D eigenvalue weighted by Crippen LogP contribution is 2.21. The average Bonchev–Trinajstić information content (AvgIpc) is 2.33. The number of hydrogen-bond acceptors (Lipinski definition) is 2. The molecule has 0 spiro atoms. The first-order valence-corrected chi connectivity index (χ1v) is 3.93. The van der Waals surface area contributed by atoms with Gasteiger partial charge in [0, 0.05) is 0 Å². The van der Waals surface area contributed by atoms with Crippen molar-refractivity contribution >= 4 is 0 Å². The van der Waals surface area contributed by atoms with Gasteiger partial charge in [-0.3, -0.25) is 0 Å². The second-order valence-electron chi connectivity index (χ2n) is 3.08. The van der Waals surface area contributed by atoms with E-state index in [4.69, 9.17) is 0 Å². The highest BCUT2D eigenvalue weighted by molar-refractivity contribution is 4.84. The zero-order valence-corrected chi connectivity index (χ0v) is 5.69. The third-order valence-corrected chi connectivity index (χ3v) is 2.47. The summed E-state index contributed by atoms with van der Waals surface area (Å²) in [6, 6.07) is 0. The van der Waals surface area contributed by atoms with Gasteiger partial charge in [0.05, 0.1) is 6.17 Å². The van der Waals surface area contributed by atoms with Gasteiger partial charge in [-0.15, -0.1) is 0 Å². The molecule has 0 aliphatic carbocycles. The summed E-state index contributed by atoms with van der Waals surface area (Å²) in [4.78, 5) is 0. The van der Waals surface area contributed by atoms with Gasteiger partial charge >= 0.3 is 0 Å². The standard InChI is InChI=1S/C7H14N2/c1-2-6-3-5-9-7(6)8-4-1/h6-9H,1-5H2. The van der Waals surface area contributed by atoms with Crippen LogP contribution in [0, 0.1) is 5.92 Å². The van der Waals surface area contributed by atoms with Crippen molar-refractivity contribution in [1.29, 1.82) is 0 Å². The van der Waals surface area contributed by atoms with E-state index >= 15 is 0 Å². The summed E-state index contributed by atoms with van der Waals surface area (Å²) in [5.41, 5.74) is 0. The fraction of sp³-hybridized carbons (Fsp3) is 1.00. The van der Waals surface area contributed by atoms with Crippen molar-refractivity contribution in [2.75, 3.05) is 13.1 Å². The Morgan fingerprint density at radius 2 is 1.89 bits per heavy atom. The lowest BCUT2D eigenvalue weighted by Gasteiger charge is -2.25. The summed E-state index contributed by atoms with van der Waals surface area (Å²) in [7, 11) is 0. The SMILES string of the molecule is C1CNC2NCCC2C1. The average molecular weight is 126 g/mol. The van der Waals surface area contributed by atoms with Crippen molar-refractivity contribution in [3.05, 3.63) is 0 Å². The van der Waals surface area contributed by atoms with Crippen LogP contribution in [0.3, 0.4) is 0 Å². The van der Waals surface area contributed by atoms with E-state index in [2.05, 4.69) is 10.6 Å². The van der Waals surface area contributed by atoms with Crippen molar-refractivity contribution in [2.24, 2.45) is 5.92 Å². The number of fused-ring (bicyclic) bond motifs is 1. The predicted molar refractivity (Wildman–Crippen MR) is 37.1 cm³/mol. The fourth-order valence-electron chi connectivity index (χ4n) is 1.93. The molecule has 0 radical (unpaired) electrons. The zero-order chi connectivity index (χ0) is 6.10. The third-order valence-electron chi connectivity index (χ3n) is 2.47. The van der Waals surface area contributed by atoms with Gasteiger partial charge in [0.2, 0.25) is 0 Å². The molecule has 2 heteroatoms. The quantitative estimate of drug-likeness (QED) is 0.488. The van der Waals surface area contributed by atoms with Crippen LogP contribution in [0.2, 0.25) is 0 Å². The van der Waals surface area contributed by atoms with Crippen LogP contribution in [0.1, 0.15) is 19.3 Å². The zero-order valence-electron chi connectivity index (χ0n) is 5.69. The third kappa shape index (κ3) is 0.970. The van der Waals surface area contributed by atoms with E-state index in [0.29, 0.717) is 6.17 Å². The summed E-state index contributed by atoms with van der Waals surface area (Å²) in [6.45, 7) is 2.44. The number of hydrogen-bond donors (Lipinski definition) is 2. The Bertz CT molecular complexity index is 91.1. The van der Waals surface area contributed by atoms with Crippen LogP contribution in [-0.2, 0) is 0 Å². The summed E-state index contributed by atoms with van der Waals surface area (Å²) >= 11 is 0. The molecule has 2 aliphatic heterocycles. The molecule has 2 heterocycles. The molecule has 2 nitrogen and oxygen atoms in total. The van der Waals surface area contributed by atoms with Gasteiger partial charge in [-0.25, -0.2) is 0 Å². The Morgan fingerprint density at radius 3 is 2.78 bits per heavy atom. The second kappa shape index (κ2) is 2.27. The minimum atomic E-state index is 0.666. The molecular weight excluding hydrogens is 112 g/mol. The highest BCUT2D eigenvalue weighted by Gasteiger charge is 2.28. The summed E-state index contributed by atoms with van der Waals surface area (Å²) in [5.74, 6) is 0.943. The van der Waals surface area contributed by atoms with Crippen molar-refractivity contribution in [1.82, 2.24) is 10.6 Å². The minimum Gasteiger partial charge on any atom is -0.302 e. The largest absolute Gasteiger partial charge is 0.302 e. The van der Waals surface area contributed by atoms with Gasteiger partial charge in [-0.1, -0.05) is 0 Å². The van der Waals surface area contributed by atoms with Gasteiger partial charge in [-0.2, -0.15) is 0 Å². The molecule has 2 fully saturated rings. The Balaban J connectivity index is 1.97. The topological polar surface area (TPSA) is 24.1 Å². The number of piperidine rings is 1. The molecule has 0 aromatic heterocycles. The number of rotatable bonds is 0. The normalized spacial score (nSPS) is 42.7. The molecule has 0 aromatic carbocycles. The summed E-state index contributed by atoms with van der Waals surface area (Å²) in [5, 5.41) is 6.92. The molecule has 0 saturated carbocycles. The maximum atomic E-state index is 3.47. The van der Waals surface area contributed by atoms with Crippen LogP contribution < -0.4 is 10.6 Å². The number of nitrogens with one attached hydrogen (secondary N) is 2. The lowest BCUT2D eigenvalue weighted by atomic mass is 9.96. The molecule has 2 unspecified atom stereocenters. The van der Waals surface area contributed by atoms with E-state index in [0.717, 1.165) is 5.92 Å². The Labute approximate surface area is 56.0 Å². The summed E-state index contributed by atoms with van der Waals surface area (Å²) in [6.07, 6.45) is 4.87. The van der Waals surface area contributed by atoms with Gasteiger partial charge in [-0.05, 0) is 38.3 Å². The van der Waals surface area contributed by atoms with Crippen LogP contribution in [0.25, 0.3) is 0 Å². The smallest absolute Gasteiger partial charge is 0.0601 e. The van der Waals surface area contributed by atoms with E-state index in [9.17, 15) is 0 Å². The first-order chi connectivity index (χ1) is 4.47. The first kappa shape index (κ1) is 5.69. The van der Waals surface area contributed by atoms with Crippen molar-refractivity contribution in [3.63, 3.8) is 0 Å². The molecule has 0 bridgehead atoms. The lowest BCUT2D eigenvalue weighted by Crippen LogP contribution is -2.45. The van der Waals surface area contributed by atoms with Gasteiger partial charge in [0.1, 0.15) is 0 Å². The molecule has 0 aromatic rings. The maximum absolute atomic E-state index is 3.47. The highest BCUT2D eigenvalue weighted by atomic mass is 15.2. The van der Waals surface area contributed by atoms with E-state index in [1.54, 1.807) is 0 Å². The Hall–Kier alpha value is -0.0800. The Morgan fingerprint density at radius 1 is 1.00 bits per heavy atom. The maximum Gasteiger partial charge on any atom is 0.0601 e. The van der Waals surface area contributed by atoms with Crippen molar-refractivity contribution in [2.45, 2.75) is 25.4 Å². The van der Waals surface area contributed by atoms with Crippen molar-refractivity contribution in [3.8, 4) is 0 Å². The van der Waals surface area contributed by atoms with E-state index in [-0.39, 0.29) is 0 Å². The lowest BCUT2D eigenvalue weighted by molar-refractivity contribution is 0.301. The molecule has 2 atom stereocenters. The molecule has 2 aliphatic rings. The molecule has 2 saturated heterocycles. The summed E-state index contributed by atoms with van der Waals surface area (Å²) < 4.78 is 0. The van der Waals surface area contributed by atoms with Crippen molar-refractivity contribution < 1.29 is 0 Å². The second-order valence-corrected chi connectivity index (χ2v) is 3.08. The molecular formula is C7H14N2. The van der Waals surface area contributed by atoms with Crippen LogP contribution in [0.4, 0.5) is 0 Å². The minimum absolute atomic E-state index is 0.666. The molecule has 0 amide bonds. The fourth-order valence-corrected chi connectivity index (χ4v) is 1.93. The molecule has 9 heavy (non-hydrogen) atoms. The van der Waals surface area contributed by atoms with E-state index in [1.807, 2.05) is 0 Å². The van der Waals surface area contributed by atoms with Gasteiger partial charge in [0.25, 0.3) is 0 Å².